The van der Waals surface area contributed by atoms with Gasteiger partial charge in [0.05, 0.1) is 19.8 Å². The van der Waals surface area contributed by atoms with Gasteiger partial charge in [-0.05, 0) is 27.7 Å². The summed E-state index contributed by atoms with van der Waals surface area (Å²) in [5.41, 5.74) is 3.04. The van der Waals surface area contributed by atoms with E-state index in [1.807, 2.05) is 12.1 Å². The minimum atomic E-state index is -0.157. The van der Waals surface area contributed by atoms with Crippen LogP contribution >= 0.6 is 0 Å². The van der Waals surface area contributed by atoms with Crippen LogP contribution in [0.1, 0.15) is 43.0 Å². The van der Waals surface area contributed by atoms with Crippen LogP contribution in [0.15, 0.2) is 12.1 Å². The summed E-state index contributed by atoms with van der Waals surface area (Å²) < 4.78 is 0. The van der Waals surface area contributed by atoms with E-state index < -0.39 is 0 Å². The average molecular weight is 224 g/mol. The zero-order chi connectivity index (χ0) is 12.3. The molecule has 0 radical (unpaired) electrons. The lowest BCUT2D eigenvalue weighted by atomic mass is 9.83. The van der Waals surface area contributed by atoms with Gasteiger partial charge in [-0.25, -0.2) is 0 Å². The summed E-state index contributed by atoms with van der Waals surface area (Å²) in [6.07, 6.45) is 0. The Balaban J connectivity index is 3.37. The Kier molecular flexibility index (Phi) is 4.08. The molecule has 1 aromatic carbocycles. The lowest BCUT2D eigenvalue weighted by Gasteiger charge is -2.22. The summed E-state index contributed by atoms with van der Waals surface area (Å²) in [5, 5.41) is 27.8. The van der Waals surface area contributed by atoms with Crippen LogP contribution in [0, 0.1) is 0 Å². The minimum absolute atomic E-state index is 0.0399. The van der Waals surface area contributed by atoms with Gasteiger partial charge in [0.15, 0.2) is 0 Å². The van der Waals surface area contributed by atoms with Crippen molar-refractivity contribution in [1.82, 2.24) is 0 Å². The van der Waals surface area contributed by atoms with Gasteiger partial charge < -0.3 is 15.3 Å². The molecule has 16 heavy (non-hydrogen) atoms. The van der Waals surface area contributed by atoms with Gasteiger partial charge in [0.25, 0.3) is 0 Å². The molecule has 0 aromatic heterocycles. The van der Waals surface area contributed by atoms with Crippen LogP contribution < -0.4 is 0 Å². The molecule has 0 aliphatic rings. The monoisotopic (exact) mass is 224 g/mol. The Hall–Kier alpha value is -0.900. The zero-order valence-corrected chi connectivity index (χ0v) is 10.1. The number of aliphatic hydroxyl groups is 3. The molecule has 1 rings (SSSR count). The fraction of sp³-hybridized carbons (Fsp3) is 0.538. The minimum Gasteiger partial charge on any atom is -0.392 e. The lowest BCUT2D eigenvalue weighted by molar-refractivity contribution is 0.247. The maximum absolute atomic E-state index is 9.27. The number of rotatable bonds is 3. The van der Waals surface area contributed by atoms with Gasteiger partial charge in [0.1, 0.15) is 0 Å². The number of hydrogen-bond acceptors (Lipinski definition) is 3. The van der Waals surface area contributed by atoms with Gasteiger partial charge in [-0.15, -0.1) is 0 Å². The third-order valence-corrected chi connectivity index (χ3v) is 2.80. The quantitative estimate of drug-likeness (QED) is 0.728. The predicted molar refractivity (Wildman–Crippen MR) is 62.9 cm³/mol. The molecular formula is C13H20O3. The van der Waals surface area contributed by atoms with Crippen LogP contribution in [0.25, 0.3) is 0 Å². The molecule has 3 heteroatoms. The molecule has 0 spiro atoms. The molecule has 0 heterocycles. The Morgan fingerprint density at radius 3 is 1.56 bits per heavy atom. The average Bonchev–Trinajstić information content (AvgIpc) is 2.25. The second kappa shape index (κ2) is 4.95. The summed E-state index contributed by atoms with van der Waals surface area (Å²) in [6.45, 7) is 5.83. The fourth-order valence-electron chi connectivity index (χ4n) is 1.72. The van der Waals surface area contributed by atoms with E-state index in [1.165, 1.54) is 0 Å². The van der Waals surface area contributed by atoms with Crippen molar-refractivity contribution in [3.63, 3.8) is 0 Å². The first-order valence-corrected chi connectivity index (χ1v) is 5.41. The van der Waals surface area contributed by atoms with Crippen molar-refractivity contribution in [2.24, 2.45) is 0 Å². The first-order chi connectivity index (χ1) is 7.43. The van der Waals surface area contributed by atoms with E-state index in [0.29, 0.717) is 16.7 Å². The standard InChI is InChI=1S/C13H20O3/c1-13(2,3)11-4-9(6-14)12(8-16)10(5-11)7-15/h4-5,14-16H,6-8H2,1-3H3. The molecule has 90 valence electrons. The molecule has 0 saturated heterocycles. The van der Waals surface area contributed by atoms with Crippen LogP contribution in [0.3, 0.4) is 0 Å². The van der Waals surface area contributed by atoms with Crippen molar-refractivity contribution in [2.75, 3.05) is 0 Å². The van der Waals surface area contributed by atoms with E-state index in [9.17, 15) is 15.3 Å². The van der Waals surface area contributed by atoms with Crippen LogP contribution in [0.2, 0.25) is 0 Å². The number of benzene rings is 1. The van der Waals surface area contributed by atoms with Crippen LogP contribution in [-0.4, -0.2) is 15.3 Å². The zero-order valence-electron chi connectivity index (χ0n) is 10.1. The normalized spacial score (nSPS) is 11.9. The van der Waals surface area contributed by atoms with E-state index in [0.717, 1.165) is 5.56 Å². The number of aliphatic hydroxyl groups excluding tert-OH is 3. The molecule has 0 aliphatic carbocycles. The summed E-state index contributed by atoms with van der Waals surface area (Å²) in [5.74, 6) is 0. The molecule has 0 atom stereocenters. The lowest BCUT2D eigenvalue weighted by Crippen LogP contribution is -2.14. The third kappa shape index (κ3) is 2.61. The Bertz CT molecular complexity index is 339. The molecule has 0 unspecified atom stereocenters. The molecule has 0 saturated carbocycles. The molecule has 0 amide bonds. The summed E-state index contributed by atoms with van der Waals surface area (Å²) >= 11 is 0. The number of hydrogen-bond donors (Lipinski definition) is 3. The smallest absolute Gasteiger partial charge is 0.0688 e. The highest BCUT2D eigenvalue weighted by atomic mass is 16.3. The van der Waals surface area contributed by atoms with E-state index in [4.69, 9.17) is 0 Å². The highest BCUT2D eigenvalue weighted by Crippen LogP contribution is 2.27. The van der Waals surface area contributed by atoms with Gasteiger partial charge in [0, 0.05) is 0 Å². The van der Waals surface area contributed by atoms with Crippen molar-refractivity contribution < 1.29 is 15.3 Å². The second-order valence-electron chi connectivity index (χ2n) is 5.00. The van der Waals surface area contributed by atoms with Gasteiger partial charge in [0.2, 0.25) is 0 Å². The van der Waals surface area contributed by atoms with E-state index >= 15 is 0 Å². The predicted octanol–water partition coefficient (Wildman–Crippen LogP) is 1.46. The van der Waals surface area contributed by atoms with E-state index in [-0.39, 0.29) is 25.2 Å². The van der Waals surface area contributed by atoms with Crippen molar-refractivity contribution in [1.29, 1.82) is 0 Å². The topological polar surface area (TPSA) is 60.7 Å². The van der Waals surface area contributed by atoms with Crippen molar-refractivity contribution >= 4 is 0 Å². The van der Waals surface area contributed by atoms with Crippen LogP contribution in [-0.2, 0) is 25.2 Å². The molecule has 0 aliphatic heterocycles. The Morgan fingerprint density at radius 1 is 0.875 bits per heavy atom. The van der Waals surface area contributed by atoms with Gasteiger partial charge in [-0.2, -0.15) is 0 Å². The fourth-order valence-corrected chi connectivity index (χ4v) is 1.72. The first-order valence-electron chi connectivity index (χ1n) is 5.41. The van der Waals surface area contributed by atoms with E-state index in [1.54, 1.807) is 0 Å². The van der Waals surface area contributed by atoms with Gasteiger partial charge in [-0.3, -0.25) is 0 Å². The molecule has 3 N–H and O–H groups in total. The Morgan fingerprint density at radius 2 is 1.31 bits per heavy atom. The van der Waals surface area contributed by atoms with Crippen molar-refractivity contribution in [3.8, 4) is 0 Å². The van der Waals surface area contributed by atoms with Gasteiger partial charge in [-0.1, -0.05) is 32.9 Å². The first kappa shape index (κ1) is 13.2. The molecule has 0 fully saturated rings. The van der Waals surface area contributed by atoms with E-state index in [2.05, 4.69) is 20.8 Å². The molecular weight excluding hydrogens is 204 g/mol. The summed E-state index contributed by atoms with van der Waals surface area (Å²) in [6, 6.07) is 3.79. The van der Waals surface area contributed by atoms with Crippen molar-refractivity contribution in [2.45, 2.75) is 46.0 Å². The molecule has 3 nitrogen and oxygen atoms in total. The van der Waals surface area contributed by atoms with Crippen LogP contribution in [0.5, 0.6) is 0 Å². The van der Waals surface area contributed by atoms with Crippen molar-refractivity contribution in [3.05, 3.63) is 34.4 Å². The third-order valence-electron chi connectivity index (χ3n) is 2.80. The Labute approximate surface area is 96.4 Å². The summed E-state index contributed by atoms with van der Waals surface area (Å²) in [4.78, 5) is 0. The summed E-state index contributed by atoms with van der Waals surface area (Å²) in [7, 11) is 0. The highest BCUT2D eigenvalue weighted by molar-refractivity contribution is 5.41. The second-order valence-corrected chi connectivity index (χ2v) is 5.00. The molecule has 0 bridgehead atoms. The maximum Gasteiger partial charge on any atom is 0.0688 e. The SMILES string of the molecule is CC(C)(C)c1cc(CO)c(CO)c(CO)c1. The van der Waals surface area contributed by atoms with Crippen LogP contribution in [0.4, 0.5) is 0 Å². The maximum atomic E-state index is 9.27. The largest absolute Gasteiger partial charge is 0.392 e. The highest BCUT2D eigenvalue weighted by Gasteiger charge is 2.17. The molecule has 1 aromatic rings. The van der Waals surface area contributed by atoms with Gasteiger partial charge >= 0.3 is 0 Å².